The van der Waals surface area contributed by atoms with E-state index in [2.05, 4.69) is 17.4 Å². The molecule has 0 radical (unpaired) electrons. The number of rotatable bonds is 9. The first-order chi connectivity index (χ1) is 17.6. The summed E-state index contributed by atoms with van der Waals surface area (Å²) >= 11 is 0. The zero-order chi connectivity index (χ0) is 25.1. The number of nitrogens with one attached hydrogen (secondary N) is 1. The van der Waals surface area contributed by atoms with Gasteiger partial charge in [0.05, 0.1) is 12.1 Å². The van der Waals surface area contributed by atoms with Crippen LogP contribution >= 0.6 is 0 Å². The summed E-state index contributed by atoms with van der Waals surface area (Å²) in [5, 5.41) is 24.8. The zero-order valence-corrected chi connectivity index (χ0v) is 20.2. The number of methoxy groups -OCH3 is 1. The summed E-state index contributed by atoms with van der Waals surface area (Å²) in [6.45, 7) is 3.39. The van der Waals surface area contributed by atoms with Gasteiger partial charge in [-0.25, -0.2) is 4.98 Å². The van der Waals surface area contributed by atoms with Crippen LogP contribution in [-0.4, -0.2) is 52.0 Å². The van der Waals surface area contributed by atoms with E-state index >= 15 is 0 Å². The molecular formula is C27H27BN4O4. The average Bonchev–Trinajstić information content (AvgIpc) is 3.23. The first-order valence-corrected chi connectivity index (χ1v) is 11.7. The molecule has 0 saturated heterocycles. The van der Waals surface area contributed by atoms with Gasteiger partial charge >= 0.3 is 7.12 Å². The molecule has 0 amide bonds. The third-order valence-electron chi connectivity index (χ3n) is 6.07. The van der Waals surface area contributed by atoms with Gasteiger partial charge in [-0.3, -0.25) is 4.57 Å². The Morgan fingerprint density at radius 2 is 1.72 bits per heavy atom. The molecule has 0 fully saturated rings. The minimum absolute atomic E-state index is 0.394. The lowest BCUT2D eigenvalue weighted by atomic mass is 9.78. The normalized spacial score (nSPS) is 11.2. The topological polar surface area (TPSA) is 102 Å². The molecule has 8 nitrogen and oxygen atoms in total. The first-order valence-electron chi connectivity index (χ1n) is 11.7. The summed E-state index contributed by atoms with van der Waals surface area (Å²) < 4.78 is 13.1. The van der Waals surface area contributed by atoms with Crippen LogP contribution in [0.25, 0.3) is 27.8 Å². The van der Waals surface area contributed by atoms with Crippen molar-refractivity contribution in [2.45, 2.75) is 13.5 Å². The van der Waals surface area contributed by atoms with Crippen molar-refractivity contribution in [1.29, 1.82) is 0 Å². The van der Waals surface area contributed by atoms with Crippen molar-refractivity contribution < 1.29 is 19.5 Å². The molecule has 9 heteroatoms. The molecule has 3 aromatic carbocycles. The minimum atomic E-state index is -1.58. The van der Waals surface area contributed by atoms with E-state index in [-0.39, 0.29) is 0 Å². The molecule has 0 aliphatic carbocycles. The molecule has 2 aromatic heterocycles. The van der Waals surface area contributed by atoms with Gasteiger partial charge in [0.25, 0.3) is 0 Å². The van der Waals surface area contributed by atoms with Crippen LogP contribution in [0.1, 0.15) is 11.3 Å². The zero-order valence-electron chi connectivity index (χ0n) is 20.2. The van der Waals surface area contributed by atoms with Crippen LogP contribution in [0.2, 0.25) is 0 Å². The number of hydrogen-bond acceptors (Lipinski definition) is 7. The number of para-hydroxylation sites is 1. The second-order valence-corrected chi connectivity index (χ2v) is 8.48. The van der Waals surface area contributed by atoms with Gasteiger partial charge in [-0.2, -0.15) is 4.98 Å². The van der Waals surface area contributed by atoms with Crippen molar-refractivity contribution in [3.8, 4) is 11.7 Å². The molecule has 5 rings (SSSR count). The van der Waals surface area contributed by atoms with Crippen LogP contribution in [0.4, 0.5) is 5.82 Å². The van der Waals surface area contributed by atoms with Gasteiger partial charge < -0.3 is 24.8 Å². The number of aryl methyl sites for hydroxylation is 1. The Morgan fingerprint density at radius 3 is 2.50 bits per heavy atom. The summed E-state index contributed by atoms with van der Waals surface area (Å²) in [5.74, 6) is 1.77. The predicted molar refractivity (Wildman–Crippen MR) is 142 cm³/mol. The van der Waals surface area contributed by atoms with Crippen LogP contribution in [0, 0.1) is 6.92 Å². The Morgan fingerprint density at radius 1 is 0.917 bits per heavy atom. The molecule has 0 saturated carbocycles. The first kappa shape index (κ1) is 23.8. The highest BCUT2D eigenvalue weighted by Gasteiger charge is 2.20. The fourth-order valence-electron chi connectivity index (χ4n) is 4.36. The highest BCUT2D eigenvalue weighted by molar-refractivity contribution is 6.61. The fourth-order valence-corrected chi connectivity index (χ4v) is 4.36. The number of ether oxygens (including phenoxy) is 2. The Kier molecular flexibility index (Phi) is 6.86. The Hall–Kier alpha value is -3.92. The van der Waals surface area contributed by atoms with Crippen molar-refractivity contribution in [2.24, 2.45) is 0 Å². The molecule has 0 spiro atoms. The van der Waals surface area contributed by atoms with E-state index < -0.39 is 7.12 Å². The van der Waals surface area contributed by atoms with Crippen molar-refractivity contribution in [3.63, 3.8) is 0 Å². The van der Waals surface area contributed by atoms with Gasteiger partial charge in [0.2, 0.25) is 5.95 Å². The molecule has 0 unspecified atom stereocenters. The Balaban J connectivity index is 1.67. The second kappa shape index (κ2) is 10.4. The molecule has 36 heavy (non-hydrogen) atoms. The summed E-state index contributed by atoms with van der Waals surface area (Å²) in [4.78, 5) is 9.84. The quantitative estimate of drug-likeness (QED) is 0.219. The molecule has 0 aliphatic heterocycles. The van der Waals surface area contributed by atoms with Crippen LogP contribution < -0.4 is 15.5 Å². The van der Waals surface area contributed by atoms with Gasteiger partial charge in [-0.05, 0) is 42.2 Å². The summed E-state index contributed by atoms with van der Waals surface area (Å²) in [6, 6.07) is 23.2. The SMILES string of the molecule is COCCOc1cccc2c(NCc3ccccc3)nc(-n3c(C)cc4c(B(O)O)cccc43)nc12. The Labute approximate surface area is 209 Å². The van der Waals surface area contributed by atoms with Gasteiger partial charge in [0.1, 0.15) is 23.7 Å². The number of aromatic nitrogens is 3. The summed E-state index contributed by atoms with van der Waals surface area (Å²) in [6.07, 6.45) is 0. The standard InChI is InChI=1S/C27H27BN4O4/c1-18-16-21-22(28(33)34)11-7-12-23(21)32(18)27-30-25-20(10-6-13-24(25)36-15-14-35-2)26(31-27)29-17-19-8-4-3-5-9-19/h3-13,16,33-34H,14-15,17H2,1-2H3,(H,29,30,31). The van der Waals surface area contributed by atoms with Crippen molar-refractivity contribution in [1.82, 2.24) is 14.5 Å². The summed E-state index contributed by atoms with van der Waals surface area (Å²) in [7, 11) is 0.0564. The lowest BCUT2D eigenvalue weighted by Crippen LogP contribution is -2.30. The molecule has 0 aliphatic rings. The van der Waals surface area contributed by atoms with Gasteiger partial charge in [-0.1, -0.05) is 48.5 Å². The van der Waals surface area contributed by atoms with Crippen LogP contribution in [-0.2, 0) is 11.3 Å². The highest BCUT2D eigenvalue weighted by Crippen LogP contribution is 2.31. The smallest absolute Gasteiger partial charge is 0.489 e. The lowest BCUT2D eigenvalue weighted by Gasteiger charge is -2.15. The molecule has 0 atom stereocenters. The number of anilines is 1. The van der Waals surface area contributed by atoms with Gasteiger partial charge in [0.15, 0.2) is 0 Å². The predicted octanol–water partition coefficient (Wildman–Crippen LogP) is 3.20. The third-order valence-corrected chi connectivity index (χ3v) is 6.07. The van der Waals surface area contributed by atoms with E-state index in [1.165, 1.54) is 0 Å². The highest BCUT2D eigenvalue weighted by atomic mass is 16.5. The fraction of sp³-hybridized carbons (Fsp3) is 0.185. The molecule has 5 aromatic rings. The maximum Gasteiger partial charge on any atom is 0.489 e. The van der Waals surface area contributed by atoms with Crippen LogP contribution in [0.15, 0.2) is 72.8 Å². The number of hydrogen-bond donors (Lipinski definition) is 3. The molecular weight excluding hydrogens is 455 g/mol. The van der Waals surface area contributed by atoms with Crippen molar-refractivity contribution in [3.05, 3.63) is 84.1 Å². The molecule has 3 N–H and O–H groups in total. The third kappa shape index (κ3) is 4.64. The molecule has 0 bridgehead atoms. The van der Waals surface area contributed by atoms with E-state index in [1.54, 1.807) is 19.2 Å². The van der Waals surface area contributed by atoms with Crippen molar-refractivity contribution >= 4 is 40.2 Å². The number of fused-ring (bicyclic) bond motifs is 2. The van der Waals surface area contributed by atoms with E-state index in [0.717, 1.165) is 27.5 Å². The largest absolute Gasteiger partial charge is 0.489 e. The maximum atomic E-state index is 9.87. The monoisotopic (exact) mass is 482 g/mol. The lowest BCUT2D eigenvalue weighted by molar-refractivity contribution is 0.147. The van der Waals surface area contributed by atoms with Gasteiger partial charge in [0, 0.05) is 30.1 Å². The van der Waals surface area contributed by atoms with Crippen LogP contribution in [0.5, 0.6) is 5.75 Å². The van der Waals surface area contributed by atoms with E-state index in [0.29, 0.717) is 48.3 Å². The Bertz CT molecular complexity index is 1500. The summed E-state index contributed by atoms with van der Waals surface area (Å²) in [5.41, 5.74) is 3.88. The minimum Gasteiger partial charge on any atom is -0.489 e. The molecule has 2 heterocycles. The van der Waals surface area contributed by atoms with Crippen LogP contribution in [0.3, 0.4) is 0 Å². The number of benzene rings is 3. The van der Waals surface area contributed by atoms with E-state index in [4.69, 9.17) is 19.4 Å². The number of nitrogens with zero attached hydrogens (tertiary/aromatic N) is 3. The van der Waals surface area contributed by atoms with Crippen molar-refractivity contribution in [2.75, 3.05) is 25.6 Å². The van der Waals surface area contributed by atoms with E-state index in [1.807, 2.05) is 60.0 Å². The van der Waals surface area contributed by atoms with Gasteiger partial charge in [-0.15, -0.1) is 0 Å². The maximum absolute atomic E-state index is 9.87. The molecule has 182 valence electrons. The second-order valence-electron chi connectivity index (χ2n) is 8.48. The average molecular weight is 482 g/mol. The van der Waals surface area contributed by atoms with E-state index in [9.17, 15) is 10.0 Å².